The summed E-state index contributed by atoms with van der Waals surface area (Å²) in [4.78, 5) is 26.1. The fourth-order valence-electron chi connectivity index (χ4n) is 2.21. The van der Waals surface area contributed by atoms with Gasteiger partial charge in [-0.2, -0.15) is 4.98 Å². The van der Waals surface area contributed by atoms with E-state index in [9.17, 15) is 9.59 Å². The maximum Gasteiger partial charge on any atom is 0.373 e. The van der Waals surface area contributed by atoms with E-state index in [4.69, 9.17) is 5.11 Å². The highest BCUT2D eigenvalue weighted by Gasteiger charge is 2.15. The molecule has 1 aromatic heterocycles. The molecule has 2 N–H and O–H groups in total. The second kappa shape index (κ2) is 8.07. The van der Waals surface area contributed by atoms with Crippen molar-refractivity contribution in [3.05, 3.63) is 47.5 Å². The number of aryl methyl sites for hydroxylation is 1. The summed E-state index contributed by atoms with van der Waals surface area (Å²) >= 11 is 0. The second-order valence-corrected chi connectivity index (χ2v) is 5.14. The summed E-state index contributed by atoms with van der Waals surface area (Å²) in [6.45, 7) is 0. The topological polar surface area (TPSA) is 95.9 Å². The van der Waals surface area contributed by atoms with Gasteiger partial charge in [-0.1, -0.05) is 43.2 Å². The number of ketones is 1. The zero-order chi connectivity index (χ0) is 15.8. The number of hydrogen-bond donors (Lipinski definition) is 2. The summed E-state index contributed by atoms with van der Waals surface area (Å²) in [7, 11) is 0. The van der Waals surface area contributed by atoms with E-state index >= 15 is 0 Å². The fourth-order valence-corrected chi connectivity index (χ4v) is 2.21. The number of rotatable bonds is 9. The number of aromatic carboxylic acids is 1. The molecule has 1 heterocycles. The second-order valence-electron chi connectivity index (χ2n) is 5.14. The lowest BCUT2D eigenvalue weighted by molar-refractivity contribution is 0.0684. The third-order valence-corrected chi connectivity index (χ3v) is 3.40. The van der Waals surface area contributed by atoms with Crippen molar-refractivity contribution in [2.24, 2.45) is 0 Å². The summed E-state index contributed by atoms with van der Waals surface area (Å²) in [6, 6.07) is 10.3. The number of nitrogens with one attached hydrogen (secondary N) is 1. The highest BCUT2D eigenvalue weighted by Crippen LogP contribution is 2.10. The normalized spacial score (nSPS) is 10.5. The minimum absolute atomic E-state index is 0.0401. The van der Waals surface area contributed by atoms with Gasteiger partial charge >= 0.3 is 5.97 Å². The van der Waals surface area contributed by atoms with Crippen LogP contribution in [0, 0.1) is 0 Å². The number of H-pyrrole nitrogens is 1. The number of carboxylic acids is 1. The average Bonchev–Trinajstić information content (AvgIpc) is 3.02. The third-order valence-electron chi connectivity index (χ3n) is 3.40. The van der Waals surface area contributed by atoms with Gasteiger partial charge < -0.3 is 5.11 Å². The Bertz CT molecular complexity index is 623. The van der Waals surface area contributed by atoms with Crippen molar-refractivity contribution >= 4 is 11.8 Å². The van der Waals surface area contributed by atoms with Crippen molar-refractivity contribution in [3.8, 4) is 0 Å². The van der Waals surface area contributed by atoms with Gasteiger partial charge in [0.05, 0.1) is 0 Å². The van der Waals surface area contributed by atoms with E-state index in [0.29, 0.717) is 6.42 Å². The van der Waals surface area contributed by atoms with Crippen LogP contribution in [0.1, 0.15) is 58.9 Å². The summed E-state index contributed by atoms with van der Waals surface area (Å²) in [5, 5.41) is 14.6. The Balaban J connectivity index is 1.62. The van der Waals surface area contributed by atoms with Gasteiger partial charge in [0.25, 0.3) is 0 Å². The molecule has 0 fully saturated rings. The molecule has 0 amide bonds. The molecule has 0 spiro atoms. The zero-order valence-corrected chi connectivity index (χ0v) is 12.3. The lowest BCUT2D eigenvalue weighted by Gasteiger charge is -2.01. The first-order valence-corrected chi connectivity index (χ1v) is 7.39. The Morgan fingerprint density at radius 2 is 1.77 bits per heavy atom. The SMILES string of the molecule is O=C(CCCCCCc1ccccc1)c1n[nH]c(C(=O)O)n1. The minimum Gasteiger partial charge on any atom is -0.475 e. The van der Waals surface area contributed by atoms with Crippen LogP contribution in [0.25, 0.3) is 0 Å². The highest BCUT2D eigenvalue weighted by atomic mass is 16.4. The summed E-state index contributed by atoms with van der Waals surface area (Å²) in [5.74, 6) is -1.77. The van der Waals surface area contributed by atoms with E-state index in [1.54, 1.807) is 0 Å². The van der Waals surface area contributed by atoms with Crippen LogP contribution in [0.3, 0.4) is 0 Å². The molecule has 0 radical (unpaired) electrons. The predicted octanol–water partition coefficient (Wildman–Crippen LogP) is 2.88. The molecule has 6 heteroatoms. The Labute approximate surface area is 128 Å². The fraction of sp³-hybridized carbons (Fsp3) is 0.375. The van der Waals surface area contributed by atoms with Gasteiger partial charge in [0, 0.05) is 6.42 Å². The van der Waals surface area contributed by atoms with Crippen LogP contribution in [0.4, 0.5) is 0 Å². The Morgan fingerprint density at radius 3 is 2.45 bits per heavy atom. The molecule has 0 aliphatic rings. The first-order valence-electron chi connectivity index (χ1n) is 7.39. The van der Waals surface area contributed by atoms with Gasteiger partial charge in [0.15, 0.2) is 0 Å². The predicted molar refractivity (Wildman–Crippen MR) is 80.9 cm³/mol. The van der Waals surface area contributed by atoms with E-state index in [1.807, 2.05) is 18.2 Å². The first kappa shape index (κ1) is 15.9. The lowest BCUT2D eigenvalue weighted by atomic mass is 10.0. The largest absolute Gasteiger partial charge is 0.475 e. The Morgan fingerprint density at radius 1 is 1.05 bits per heavy atom. The van der Waals surface area contributed by atoms with Gasteiger partial charge in [0.1, 0.15) is 0 Å². The van der Waals surface area contributed by atoms with Gasteiger partial charge in [-0.05, 0) is 24.8 Å². The number of hydrogen-bond acceptors (Lipinski definition) is 4. The highest BCUT2D eigenvalue weighted by molar-refractivity contribution is 5.93. The van der Waals surface area contributed by atoms with Gasteiger partial charge in [-0.15, -0.1) is 5.10 Å². The van der Waals surface area contributed by atoms with Gasteiger partial charge in [0.2, 0.25) is 17.4 Å². The van der Waals surface area contributed by atoms with Crippen LogP contribution < -0.4 is 0 Å². The molecular formula is C16H19N3O3. The molecule has 1 aromatic carbocycles. The van der Waals surface area contributed by atoms with Gasteiger partial charge in [-0.3, -0.25) is 9.89 Å². The molecule has 0 aliphatic carbocycles. The Hall–Kier alpha value is -2.50. The number of carboxylic acid groups (broad SMARTS) is 1. The smallest absolute Gasteiger partial charge is 0.373 e. The standard InChI is InChI=1S/C16H19N3O3/c20-13(14-17-15(16(21)22)19-18-14)11-7-2-1-4-8-12-9-5-3-6-10-12/h3,5-6,9-10H,1-2,4,7-8,11H2,(H,21,22)(H,17,18,19). The minimum atomic E-state index is -1.22. The first-order chi connectivity index (χ1) is 10.7. The van der Waals surface area contributed by atoms with E-state index in [-0.39, 0.29) is 17.4 Å². The molecule has 2 rings (SSSR count). The number of Topliss-reactive ketones (excluding diaryl/α,β-unsaturated/α-hetero) is 1. The molecule has 2 aromatic rings. The number of carbonyl (C=O) groups is 2. The van der Waals surface area contributed by atoms with Crippen molar-refractivity contribution in [2.75, 3.05) is 0 Å². The van der Waals surface area contributed by atoms with Crippen LogP contribution in [-0.2, 0) is 6.42 Å². The maximum absolute atomic E-state index is 11.8. The molecule has 0 unspecified atom stereocenters. The quantitative estimate of drug-likeness (QED) is 0.548. The van der Waals surface area contributed by atoms with E-state index in [0.717, 1.165) is 32.1 Å². The Kier molecular flexibility index (Phi) is 5.82. The van der Waals surface area contributed by atoms with E-state index in [1.165, 1.54) is 5.56 Å². The lowest BCUT2D eigenvalue weighted by Crippen LogP contribution is -2.03. The van der Waals surface area contributed by atoms with Gasteiger partial charge in [-0.25, -0.2) is 4.79 Å². The number of aromatic nitrogens is 3. The van der Waals surface area contributed by atoms with Crippen molar-refractivity contribution in [3.63, 3.8) is 0 Å². The number of nitrogens with zero attached hydrogens (tertiary/aromatic N) is 2. The molecule has 0 saturated heterocycles. The molecule has 0 saturated carbocycles. The van der Waals surface area contributed by atoms with Crippen molar-refractivity contribution in [2.45, 2.75) is 38.5 Å². The molecule has 6 nitrogen and oxygen atoms in total. The third kappa shape index (κ3) is 4.80. The van der Waals surface area contributed by atoms with Crippen molar-refractivity contribution < 1.29 is 14.7 Å². The average molecular weight is 301 g/mol. The number of benzene rings is 1. The number of carbonyl (C=O) groups excluding carboxylic acids is 1. The van der Waals surface area contributed by atoms with E-state index < -0.39 is 5.97 Å². The molecule has 22 heavy (non-hydrogen) atoms. The molecule has 0 bridgehead atoms. The summed E-state index contributed by atoms with van der Waals surface area (Å²) in [6.07, 6.45) is 5.30. The van der Waals surface area contributed by atoms with Crippen LogP contribution in [0.5, 0.6) is 0 Å². The summed E-state index contributed by atoms with van der Waals surface area (Å²) in [5.41, 5.74) is 1.33. The summed E-state index contributed by atoms with van der Waals surface area (Å²) < 4.78 is 0. The number of aromatic amines is 1. The molecule has 0 atom stereocenters. The van der Waals surface area contributed by atoms with E-state index in [2.05, 4.69) is 27.3 Å². The zero-order valence-electron chi connectivity index (χ0n) is 12.3. The van der Waals surface area contributed by atoms with Crippen LogP contribution in [-0.4, -0.2) is 32.0 Å². The molecule has 0 aliphatic heterocycles. The van der Waals surface area contributed by atoms with Crippen molar-refractivity contribution in [1.82, 2.24) is 15.2 Å². The van der Waals surface area contributed by atoms with Crippen LogP contribution in [0.2, 0.25) is 0 Å². The monoisotopic (exact) mass is 301 g/mol. The van der Waals surface area contributed by atoms with Crippen LogP contribution >= 0.6 is 0 Å². The number of unbranched alkanes of at least 4 members (excludes halogenated alkanes) is 3. The molecular weight excluding hydrogens is 282 g/mol. The van der Waals surface area contributed by atoms with Crippen molar-refractivity contribution in [1.29, 1.82) is 0 Å². The maximum atomic E-state index is 11.8. The van der Waals surface area contributed by atoms with Crippen LogP contribution in [0.15, 0.2) is 30.3 Å². The molecule has 116 valence electrons.